The van der Waals surface area contributed by atoms with E-state index in [-0.39, 0.29) is 35.6 Å². The minimum Gasteiger partial charge on any atom is -0.336 e. The lowest BCUT2D eigenvalue weighted by Gasteiger charge is -2.15. The van der Waals surface area contributed by atoms with Crippen LogP contribution in [0.5, 0.6) is 0 Å². The second-order valence-corrected chi connectivity index (χ2v) is 9.67. The summed E-state index contributed by atoms with van der Waals surface area (Å²) in [5.74, 6) is -0.147. The molecule has 0 aliphatic carbocycles. The number of nitrogens with zero attached hydrogens (tertiary/aromatic N) is 3. The number of pyridine rings is 2. The first-order valence-corrected chi connectivity index (χ1v) is 11.6. The molecular weight excluding hydrogens is 403 g/mol. The van der Waals surface area contributed by atoms with Crippen LogP contribution in [0.2, 0.25) is 0 Å². The van der Waals surface area contributed by atoms with Gasteiger partial charge in [-0.2, -0.15) is 0 Å². The van der Waals surface area contributed by atoms with Crippen LogP contribution in [0, 0.1) is 0 Å². The van der Waals surface area contributed by atoms with Crippen LogP contribution in [0.4, 0.5) is 4.39 Å². The van der Waals surface area contributed by atoms with Gasteiger partial charge >= 0.3 is 0 Å². The van der Waals surface area contributed by atoms with Gasteiger partial charge in [0.1, 0.15) is 5.83 Å². The minimum atomic E-state index is -3.34. The standard InChI is InChI=1S/C22H27FN4O2S/c1-4-30(28,29)20-8-7-16(13-26-20)12-18-21-19(6-5-11-25-21)27(22(18)15(2)3)14-17(23)9-10-24/h5-9,11,13,15H,4,10,12,14,24H2,1-3H3/b17-9-. The van der Waals surface area contributed by atoms with Gasteiger partial charge in [0.25, 0.3) is 0 Å². The van der Waals surface area contributed by atoms with E-state index < -0.39 is 9.84 Å². The Labute approximate surface area is 176 Å². The van der Waals surface area contributed by atoms with E-state index in [4.69, 9.17) is 5.73 Å². The molecule has 160 valence electrons. The van der Waals surface area contributed by atoms with Crippen LogP contribution < -0.4 is 5.73 Å². The van der Waals surface area contributed by atoms with Crippen LogP contribution >= 0.6 is 0 Å². The maximum Gasteiger partial charge on any atom is 0.195 e. The van der Waals surface area contributed by atoms with Crippen LogP contribution in [0.1, 0.15) is 43.5 Å². The van der Waals surface area contributed by atoms with Crippen LogP contribution in [-0.2, 0) is 22.8 Å². The molecule has 0 fully saturated rings. The van der Waals surface area contributed by atoms with Crippen molar-refractivity contribution >= 4 is 20.9 Å². The average molecular weight is 431 g/mol. The van der Waals surface area contributed by atoms with Crippen molar-refractivity contribution in [1.29, 1.82) is 0 Å². The Hall–Kier alpha value is -2.58. The predicted molar refractivity (Wildman–Crippen MR) is 117 cm³/mol. The number of nitrogens with two attached hydrogens (primary N) is 1. The summed E-state index contributed by atoms with van der Waals surface area (Å²) in [5.41, 5.74) is 9.99. The molecule has 0 atom stereocenters. The third-order valence-corrected chi connectivity index (χ3v) is 6.67. The molecule has 0 radical (unpaired) electrons. The number of rotatable bonds is 8. The molecule has 0 spiro atoms. The zero-order valence-corrected chi connectivity index (χ0v) is 18.3. The van der Waals surface area contributed by atoms with Crippen molar-refractivity contribution in [2.75, 3.05) is 12.3 Å². The smallest absolute Gasteiger partial charge is 0.195 e. The molecule has 0 aliphatic heterocycles. The fourth-order valence-electron chi connectivity index (χ4n) is 3.66. The number of hydrogen-bond acceptors (Lipinski definition) is 5. The van der Waals surface area contributed by atoms with Gasteiger partial charge in [-0.3, -0.25) is 4.98 Å². The Balaban J connectivity index is 2.09. The van der Waals surface area contributed by atoms with E-state index in [2.05, 4.69) is 23.8 Å². The largest absolute Gasteiger partial charge is 0.336 e. The van der Waals surface area contributed by atoms with Crippen molar-refractivity contribution in [3.05, 3.63) is 65.4 Å². The molecule has 0 aromatic carbocycles. The number of halogens is 1. The molecule has 0 amide bonds. The molecule has 0 saturated carbocycles. The number of sulfone groups is 1. The van der Waals surface area contributed by atoms with Crippen molar-refractivity contribution in [2.24, 2.45) is 5.73 Å². The van der Waals surface area contributed by atoms with Gasteiger partial charge in [-0.05, 0) is 35.8 Å². The summed E-state index contributed by atoms with van der Waals surface area (Å²) < 4.78 is 40.4. The van der Waals surface area contributed by atoms with Crippen molar-refractivity contribution in [3.8, 4) is 0 Å². The Bertz CT molecular complexity index is 1170. The number of allylic oxidation sites excluding steroid dienone is 1. The summed E-state index contributed by atoms with van der Waals surface area (Å²) in [5, 5.41) is 0.0763. The normalized spacial score (nSPS) is 12.8. The molecule has 3 aromatic heterocycles. The molecular formula is C22H27FN4O2S. The summed E-state index contributed by atoms with van der Waals surface area (Å²) in [6, 6.07) is 7.09. The predicted octanol–water partition coefficient (Wildman–Crippen LogP) is 3.75. The quantitative estimate of drug-likeness (QED) is 0.588. The lowest BCUT2D eigenvalue weighted by atomic mass is 9.99. The van der Waals surface area contributed by atoms with Gasteiger partial charge in [0.2, 0.25) is 0 Å². The minimum absolute atomic E-state index is 0.0101. The van der Waals surface area contributed by atoms with E-state index in [1.54, 1.807) is 31.5 Å². The third kappa shape index (κ3) is 4.44. The van der Waals surface area contributed by atoms with E-state index in [1.165, 1.54) is 6.08 Å². The van der Waals surface area contributed by atoms with E-state index in [0.717, 1.165) is 27.9 Å². The molecule has 8 heteroatoms. The second-order valence-electron chi connectivity index (χ2n) is 7.45. The van der Waals surface area contributed by atoms with Gasteiger partial charge in [0, 0.05) is 36.6 Å². The van der Waals surface area contributed by atoms with Gasteiger partial charge in [-0.25, -0.2) is 17.8 Å². The fraction of sp³-hybridized carbons (Fsp3) is 0.364. The maximum absolute atomic E-state index is 14.4. The van der Waals surface area contributed by atoms with Crippen LogP contribution in [-0.4, -0.2) is 35.3 Å². The first-order valence-electron chi connectivity index (χ1n) is 9.96. The number of aromatic nitrogens is 3. The summed E-state index contributed by atoms with van der Waals surface area (Å²) in [7, 11) is -3.34. The Morgan fingerprint density at radius 1 is 1.27 bits per heavy atom. The first-order chi connectivity index (χ1) is 14.3. The monoisotopic (exact) mass is 430 g/mol. The highest BCUT2D eigenvalue weighted by Crippen LogP contribution is 2.32. The number of fused-ring (bicyclic) bond motifs is 1. The van der Waals surface area contributed by atoms with Crippen LogP contribution in [0.25, 0.3) is 11.0 Å². The molecule has 0 aliphatic rings. The zero-order chi connectivity index (χ0) is 21.9. The molecule has 2 N–H and O–H groups in total. The summed E-state index contributed by atoms with van der Waals surface area (Å²) in [4.78, 5) is 8.71. The summed E-state index contributed by atoms with van der Waals surface area (Å²) >= 11 is 0. The van der Waals surface area contributed by atoms with E-state index in [1.807, 2.05) is 16.7 Å². The zero-order valence-electron chi connectivity index (χ0n) is 17.5. The lowest BCUT2D eigenvalue weighted by molar-refractivity contribution is 0.544. The third-order valence-electron chi connectivity index (χ3n) is 5.04. The summed E-state index contributed by atoms with van der Waals surface area (Å²) in [6.07, 6.45) is 5.22. The second kappa shape index (κ2) is 9.06. The van der Waals surface area contributed by atoms with Gasteiger partial charge < -0.3 is 10.3 Å². The topological polar surface area (TPSA) is 90.9 Å². The molecule has 3 heterocycles. The molecule has 0 unspecified atom stereocenters. The first kappa shape index (κ1) is 22.1. The maximum atomic E-state index is 14.4. The Morgan fingerprint density at radius 3 is 2.63 bits per heavy atom. The van der Waals surface area contributed by atoms with Crippen molar-refractivity contribution < 1.29 is 12.8 Å². The molecule has 0 bridgehead atoms. The van der Waals surface area contributed by atoms with Crippen LogP contribution in [0.3, 0.4) is 0 Å². The van der Waals surface area contributed by atoms with Crippen LogP contribution in [0.15, 0.2) is 53.6 Å². The molecule has 0 saturated heterocycles. The van der Waals surface area contributed by atoms with Crippen molar-refractivity contribution in [2.45, 2.75) is 44.7 Å². The van der Waals surface area contributed by atoms with Gasteiger partial charge in [-0.1, -0.05) is 26.8 Å². The molecule has 3 aromatic rings. The van der Waals surface area contributed by atoms with E-state index in [9.17, 15) is 12.8 Å². The van der Waals surface area contributed by atoms with Crippen molar-refractivity contribution in [1.82, 2.24) is 14.5 Å². The van der Waals surface area contributed by atoms with Gasteiger partial charge in [0.05, 0.1) is 23.3 Å². The Morgan fingerprint density at radius 2 is 2.03 bits per heavy atom. The molecule has 3 rings (SSSR count). The van der Waals surface area contributed by atoms with Gasteiger partial charge in [0.15, 0.2) is 14.9 Å². The lowest BCUT2D eigenvalue weighted by Crippen LogP contribution is -2.09. The Kier molecular flexibility index (Phi) is 6.67. The summed E-state index contributed by atoms with van der Waals surface area (Å²) in [6.45, 7) is 5.96. The highest BCUT2D eigenvalue weighted by atomic mass is 32.2. The SMILES string of the molecule is CCS(=O)(=O)c1ccc(Cc2c(C(C)C)n(C/C(F)=C/CN)c3cccnc23)cn1. The number of hydrogen-bond donors (Lipinski definition) is 1. The molecule has 6 nitrogen and oxygen atoms in total. The van der Waals surface area contributed by atoms with Crippen molar-refractivity contribution in [3.63, 3.8) is 0 Å². The average Bonchev–Trinajstić information content (AvgIpc) is 3.02. The highest BCUT2D eigenvalue weighted by Gasteiger charge is 2.22. The molecule has 30 heavy (non-hydrogen) atoms. The van der Waals surface area contributed by atoms with Gasteiger partial charge in [-0.15, -0.1) is 0 Å². The highest BCUT2D eigenvalue weighted by molar-refractivity contribution is 7.91. The van der Waals surface area contributed by atoms with E-state index in [0.29, 0.717) is 6.42 Å². The van der Waals surface area contributed by atoms with E-state index >= 15 is 0 Å². The fourth-order valence-corrected chi connectivity index (χ4v) is 4.45.